The van der Waals surface area contributed by atoms with E-state index >= 15 is 0 Å². The van der Waals surface area contributed by atoms with Crippen molar-refractivity contribution in [1.82, 2.24) is 4.57 Å². The van der Waals surface area contributed by atoms with Crippen LogP contribution in [0.25, 0.3) is 92.2 Å². The molecule has 0 spiro atoms. The van der Waals surface area contributed by atoms with Gasteiger partial charge in [-0.3, -0.25) is 0 Å². The molecule has 0 saturated carbocycles. The van der Waals surface area contributed by atoms with Crippen LogP contribution in [-0.2, 0) is 0 Å². The van der Waals surface area contributed by atoms with Gasteiger partial charge in [0.1, 0.15) is 0 Å². The predicted molar refractivity (Wildman–Crippen MR) is 215 cm³/mol. The summed E-state index contributed by atoms with van der Waals surface area (Å²) in [4.78, 5) is 0. The maximum absolute atomic E-state index is 2.48. The Kier molecular flexibility index (Phi) is 6.75. The second kappa shape index (κ2) is 11.7. The molecule has 0 fully saturated rings. The molecule has 234 valence electrons. The molecule has 2 heteroatoms. The highest BCUT2D eigenvalue weighted by atomic mass is 32.1. The summed E-state index contributed by atoms with van der Waals surface area (Å²) in [6.07, 6.45) is 0. The molecule has 1 nitrogen and oxygen atoms in total. The van der Waals surface area contributed by atoms with Crippen LogP contribution in [0.2, 0.25) is 0 Å². The number of hydrogen-bond acceptors (Lipinski definition) is 1. The van der Waals surface area contributed by atoms with Crippen LogP contribution in [0, 0.1) is 0 Å². The van der Waals surface area contributed by atoms with Crippen molar-refractivity contribution in [2.24, 2.45) is 0 Å². The average Bonchev–Trinajstić information content (AvgIpc) is 3.75. The lowest BCUT2D eigenvalue weighted by Gasteiger charge is -2.15. The predicted octanol–water partition coefficient (Wildman–Crippen LogP) is 13.8. The third-order valence-corrected chi connectivity index (χ3v) is 11.2. The molecule has 0 radical (unpaired) electrons. The molecule has 0 saturated heterocycles. The molecule has 10 aromatic rings. The minimum absolute atomic E-state index is 1.15. The van der Waals surface area contributed by atoms with Gasteiger partial charge in [-0.2, -0.15) is 0 Å². The van der Waals surface area contributed by atoms with E-state index in [1.54, 1.807) is 0 Å². The molecule has 0 amide bonds. The van der Waals surface area contributed by atoms with Gasteiger partial charge in [-0.25, -0.2) is 0 Å². The first kappa shape index (κ1) is 28.8. The number of fused-ring (bicyclic) bond motifs is 6. The molecule has 0 atom stereocenters. The maximum atomic E-state index is 2.48. The summed E-state index contributed by atoms with van der Waals surface area (Å²) in [6.45, 7) is 0. The molecule has 2 heterocycles. The van der Waals surface area contributed by atoms with Crippen molar-refractivity contribution >= 4 is 53.3 Å². The Labute approximate surface area is 295 Å². The number of thiophene rings is 1. The maximum Gasteiger partial charge on any atom is 0.0619 e. The summed E-state index contributed by atoms with van der Waals surface area (Å²) in [5.41, 5.74) is 13.3. The zero-order chi connectivity index (χ0) is 33.0. The minimum Gasteiger partial charge on any atom is -0.309 e. The monoisotopic (exact) mass is 653 g/mol. The molecule has 0 N–H and O–H groups in total. The quantitative estimate of drug-likeness (QED) is 0.174. The van der Waals surface area contributed by atoms with Gasteiger partial charge in [0.2, 0.25) is 0 Å². The molecule has 0 bridgehead atoms. The highest BCUT2D eigenvalue weighted by Crippen LogP contribution is 2.44. The van der Waals surface area contributed by atoms with Gasteiger partial charge in [-0.1, -0.05) is 146 Å². The highest BCUT2D eigenvalue weighted by Gasteiger charge is 2.19. The number of rotatable bonds is 5. The fraction of sp³-hybridized carbons (Fsp3) is 0. The van der Waals surface area contributed by atoms with Gasteiger partial charge >= 0.3 is 0 Å². The minimum atomic E-state index is 1.15. The van der Waals surface area contributed by atoms with E-state index in [-0.39, 0.29) is 0 Å². The van der Waals surface area contributed by atoms with Crippen molar-refractivity contribution in [2.75, 3.05) is 0 Å². The third kappa shape index (κ3) is 4.69. The Balaban J connectivity index is 1.22. The zero-order valence-corrected chi connectivity index (χ0v) is 28.1. The van der Waals surface area contributed by atoms with E-state index in [1.807, 2.05) is 11.3 Å². The van der Waals surface area contributed by atoms with Crippen molar-refractivity contribution in [3.05, 3.63) is 188 Å². The lowest BCUT2D eigenvalue weighted by Crippen LogP contribution is -1.96. The SMILES string of the molecule is c1ccc(-c2cc(-c3ccccc3)cc(-c3cccc(-n4c5ccccc5c5cccc(-c6cccc7c6sc6ccccc67)c54)c3)c2)cc1. The van der Waals surface area contributed by atoms with E-state index < -0.39 is 0 Å². The van der Waals surface area contributed by atoms with Crippen LogP contribution < -0.4 is 0 Å². The fourth-order valence-corrected chi connectivity index (χ4v) is 8.91. The molecule has 2 aromatic heterocycles. The topological polar surface area (TPSA) is 4.93 Å². The highest BCUT2D eigenvalue weighted by molar-refractivity contribution is 7.26. The first-order valence-corrected chi connectivity index (χ1v) is 17.9. The molecule has 8 aromatic carbocycles. The molecule has 0 unspecified atom stereocenters. The Hall–Kier alpha value is -6.22. The van der Waals surface area contributed by atoms with E-state index in [1.165, 1.54) is 86.5 Å². The second-order valence-electron chi connectivity index (χ2n) is 12.9. The smallest absolute Gasteiger partial charge is 0.0619 e. The first-order valence-electron chi connectivity index (χ1n) is 17.1. The summed E-state index contributed by atoms with van der Waals surface area (Å²) in [5, 5.41) is 5.16. The molecule has 0 aliphatic carbocycles. The average molecular weight is 654 g/mol. The summed E-state index contributed by atoms with van der Waals surface area (Å²) < 4.78 is 5.13. The van der Waals surface area contributed by atoms with Gasteiger partial charge in [-0.15, -0.1) is 11.3 Å². The van der Waals surface area contributed by atoms with E-state index in [0.29, 0.717) is 0 Å². The lowest BCUT2D eigenvalue weighted by molar-refractivity contribution is 1.18. The Bertz CT molecular complexity index is 2800. The molecule has 0 aliphatic heterocycles. The van der Waals surface area contributed by atoms with Crippen LogP contribution in [0.4, 0.5) is 0 Å². The summed E-state index contributed by atoms with van der Waals surface area (Å²) >= 11 is 1.89. The van der Waals surface area contributed by atoms with Crippen molar-refractivity contribution in [3.63, 3.8) is 0 Å². The van der Waals surface area contributed by atoms with Crippen molar-refractivity contribution in [1.29, 1.82) is 0 Å². The molecular weight excluding hydrogens is 623 g/mol. The number of benzene rings is 8. The largest absolute Gasteiger partial charge is 0.309 e. The van der Waals surface area contributed by atoms with Crippen LogP contribution in [0.15, 0.2) is 188 Å². The van der Waals surface area contributed by atoms with Gasteiger partial charge in [0.15, 0.2) is 0 Å². The van der Waals surface area contributed by atoms with Gasteiger partial charge in [-0.05, 0) is 75.8 Å². The lowest BCUT2D eigenvalue weighted by atomic mass is 9.93. The summed E-state index contributed by atoms with van der Waals surface area (Å²) in [6, 6.07) is 68.6. The van der Waals surface area contributed by atoms with E-state index in [4.69, 9.17) is 0 Å². The number of nitrogens with zero attached hydrogens (tertiary/aromatic N) is 1. The van der Waals surface area contributed by atoms with Gasteiger partial charge < -0.3 is 4.57 Å². The van der Waals surface area contributed by atoms with Crippen LogP contribution in [0.3, 0.4) is 0 Å². The first-order chi connectivity index (χ1) is 24.8. The van der Waals surface area contributed by atoms with E-state index in [2.05, 4.69) is 193 Å². The van der Waals surface area contributed by atoms with Gasteiger partial charge in [0.05, 0.1) is 11.0 Å². The normalized spacial score (nSPS) is 11.6. The Morgan fingerprint density at radius 1 is 0.340 bits per heavy atom. The van der Waals surface area contributed by atoms with E-state index in [0.717, 1.165) is 5.69 Å². The Morgan fingerprint density at radius 2 is 0.880 bits per heavy atom. The Morgan fingerprint density at radius 3 is 1.62 bits per heavy atom. The molecule has 50 heavy (non-hydrogen) atoms. The van der Waals surface area contributed by atoms with Gasteiger partial charge in [0, 0.05) is 47.8 Å². The number of hydrogen-bond donors (Lipinski definition) is 0. The van der Waals surface area contributed by atoms with Crippen molar-refractivity contribution in [2.45, 2.75) is 0 Å². The second-order valence-corrected chi connectivity index (χ2v) is 14.0. The van der Waals surface area contributed by atoms with Gasteiger partial charge in [0.25, 0.3) is 0 Å². The van der Waals surface area contributed by atoms with Crippen molar-refractivity contribution < 1.29 is 0 Å². The van der Waals surface area contributed by atoms with Crippen LogP contribution in [0.1, 0.15) is 0 Å². The number of para-hydroxylation sites is 2. The fourth-order valence-electron chi connectivity index (χ4n) is 7.68. The van der Waals surface area contributed by atoms with Crippen molar-refractivity contribution in [3.8, 4) is 50.2 Å². The zero-order valence-electron chi connectivity index (χ0n) is 27.3. The van der Waals surface area contributed by atoms with E-state index in [9.17, 15) is 0 Å². The van der Waals surface area contributed by atoms with Crippen LogP contribution in [-0.4, -0.2) is 4.57 Å². The number of aromatic nitrogens is 1. The molecular formula is C48H31NS. The summed E-state index contributed by atoms with van der Waals surface area (Å²) in [5.74, 6) is 0. The summed E-state index contributed by atoms with van der Waals surface area (Å²) in [7, 11) is 0. The van der Waals surface area contributed by atoms with Crippen LogP contribution in [0.5, 0.6) is 0 Å². The standard InChI is InChI=1S/C48H31NS/c1-3-14-32(15-4-1)35-28-36(33-16-5-2-6-17-33)30-37(29-35)34-18-11-19-38(31-34)49-45-26-9-7-20-39(45)41-22-12-23-42(47(41)49)44-25-13-24-43-40-21-8-10-27-46(40)50-48(43)44/h1-31H. The van der Waals surface area contributed by atoms with Crippen LogP contribution >= 0.6 is 11.3 Å². The molecule has 0 aliphatic rings. The molecule has 10 rings (SSSR count). The third-order valence-electron chi connectivity index (χ3n) is 9.97.